The van der Waals surface area contributed by atoms with Crippen molar-refractivity contribution in [1.29, 1.82) is 0 Å². The summed E-state index contributed by atoms with van der Waals surface area (Å²) in [4.78, 5) is 4.23. The standard InChI is InChI=1S/C12H11BrFN3O/c13-8-3-7(4-9(14)5-8)12-16-11(17-18-12)6-15-10-1-2-10/h3-5,10,15H,1-2,6H2. The summed E-state index contributed by atoms with van der Waals surface area (Å²) in [6.45, 7) is 0.588. The Morgan fingerprint density at radius 3 is 2.94 bits per heavy atom. The molecule has 1 saturated carbocycles. The first-order chi connectivity index (χ1) is 8.70. The second-order valence-electron chi connectivity index (χ2n) is 4.33. The molecule has 0 aliphatic heterocycles. The molecule has 1 aliphatic rings. The first kappa shape index (κ1) is 11.8. The van der Waals surface area contributed by atoms with Crippen LogP contribution in [0.25, 0.3) is 11.5 Å². The Balaban J connectivity index is 1.78. The van der Waals surface area contributed by atoms with E-state index in [9.17, 15) is 4.39 Å². The van der Waals surface area contributed by atoms with Crippen LogP contribution in [0.1, 0.15) is 18.7 Å². The molecule has 0 saturated heterocycles. The number of hydrogen-bond donors (Lipinski definition) is 1. The van der Waals surface area contributed by atoms with Gasteiger partial charge in [0.25, 0.3) is 5.89 Å². The van der Waals surface area contributed by atoms with Gasteiger partial charge in [-0.25, -0.2) is 4.39 Å². The van der Waals surface area contributed by atoms with Crippen LogP contribution in [0, 0.1) is 5.82 Å². The van der Waals surface area contributed by atoms with Crippen LogP contribution in [0.5, 0.6) is 0 Å². The predicted octanol–water partition coefficient (Wildman–Crippen LogP) is 2.89. The number of benzene rings is 1. The minimum atomic E-state index is -0.338. The smallest absolute Gasteiger partial charge is 0.258 e. The van der Waals surface area contributed by atoms with Crippen LogP contribution < -0.4 is 5.32 Å². The lowest BCUT2D eigenvalue weighted by atomic mass is 10.2. The maximum Gasteiger partial charge on any atom is 0.258 e. The average molecular weight is 312 g/mol. The van der Waals surface area contributed by atoms with E-state index in [1.165, 1.54) is 25.0 Å². The van der Waals surface area contributed by atoms with Crippen LogP contribution in [-0.2, 0) is 6.54 Å². The van der Waals surface area contributed by atoms with Crippen molar-refractivity contribution in [2.24, 2.45) is 0 Å². The number of rotatable bonds is 4. The van der Waals surface area contributed by atoms with E-state index in [4.69, 9.17) is 4.52 Å². The van der Waals surface area contributed by atoms with Gasteiger partial charge in [0.1, 0.15) is 5.82 Å². The molecule has 1 heterocycles. The van der Waals surface area contributed by atoms with Crippen molar-refractivity contribution < 1.29 is 8.91 Å². The maximum atomic E-state index is 13.3. The zero-order chi connectivity index (χ0) is 12.5. The summed E-state index contributed by atoms with van der Waals surface area (Å²) in [6.07, 6.45) is 2.42. The molecule has 94 valence electrons. The Bertz CT molecular complexity index is 548. The molecule has 1 aliphatic carbocycles. The Labute approximate surface area is 112 Å². The summed E-state index contributed by atoms with van der Waals surface area (Å²) in [7, 11) is 0. The largest absolute Gasteiger partial charge is 0.334 e. The van der Waals surface area contributed by atoms with Crippen LogP contribution in [0.4, 0.5) is 4.39 Å². The molecule has 0 bridgehead atoms. The van der Waals surface area contributed by atoms with Gasteiger partial charge in [-0.1, -0.05) is 21.1 Å². The first-order valence-electron chi connectivity index (χ1n) is 5.73. The number of hydrogen-bond acceptors (Lipinski definition) is 4. The lowest BCUT2D eigenvalue weighted by molar-refractivity contribution is 0.419. The summed E-state index contributed by atoms with van der Waals surface area (Å²) < 4.78 is 19.0. The molecule has 0 amide bonds. The van der Waals surface area contributed by atoms with E-state index in [0.29, 0.717) is 34.3 Å². The Kier molecular flexibility index (Phi) is 3.13. The van der Waals surface area contributed by atoms with E-state index in [1.54, 1.807) is 6.07 Å². The van der Waals surface area contributed by atoms with Gasteiger partial charge in [-0.05, 0) is 31.0 Å². The van der Waals surface area contributed by atoms with Gasteiger partial charge >= 0.3 is 0 Å². The summed E-state index contributed by atoms with van der Waals surface area (Å²) in [6, 6.07) is 5.09. The predicted molar refractivity (Wildman–Crippen MR) is 67.3 cm³/mol. The van der Waals surface area contributed by atoms with Crippen LogP contribution in [0.15, 0.2) is 27.2 Å². The third kappa shape index (κ3) is 2.76. The number of aromatic nitrogens is 2. The zero-order valence-electron chi connectivity index (χ0n) is 9.49. The van der Waals surface area contributed by atoms with E-state index in [2.05, 4.69) is 31.4 Å². The lowest BCUT2D eigenvalue weighted by Gasteiger charge is -1.97. The molecule has 18 heavy (non-hydrogen) atoms. The molecular weight excluding hydrogens is 301 g/mol. The molecular formula is C12H11BrFN3O. The molecule has 1 fully saturated rings. The summed E-state index contributed by atoms with van der Waals surface area (Å²) in [5, 5.41) is 7.16. The maximum absolute atomic E-state index is 13.3. The zero-order valence-corrected chi connectivity index (χ0v) is 11.1. The van der Waals surface area contributed by atoms with Gasteiger partial charge in [0.15, 0.2) is 5.82 Å². The normalized spacial score (nSPS) is 15.0. The first-order valence-corrected chi connectivity index (χ1v) is 6.52. The Morgan fingerprint density at radius 1 is 1.39 bits per heavy atom. The van der Waals surface area contributed by atoms with Crippen molar-refractivity contribution in [2.75, 3.05) is 0 Å². The second-order valence-corrected chi connectivity index (χ2v) is 5.24. The third-order valence-corrected chi connectivity index (χ3v) is 3.16. The highest BCUT2D eigenvalue weighted by molar-refractivity contribution is 9.10. The van der Waals surface area contributed by atoms with Crippen LogP contribution in [0.2, 0.25) is 0 Å². The van der Waals surface area contributed by atoms with Gasteiger partial charge < -0.3 is 9.84 Å². The van der Waals surface area contributed by atoms with Crippen molar-refractivity contribution >= 4 is 15.9 Å². The highest BCUT2D eigenvalue weighted by Crippen LogP contribution is 2.23. The van der Waals surface area contributed by atoms with Crippen LogP contribution >= 0.6 is 15.9 Å². The van der Waals surface area contributed by atoms with Crippen LogP contribution in [-0.4, -0.2) is 16.2 Å². The molecule has 0 spiro atoms. The van der Waals surface area contributed by atoms with Crippen molar-refractivity contribution in [1.82, 2.24) is 15.5 Å². The van der Waals surface area contributed by atoms with E-state index < -0.39 is 0 Å². The number of halogens is 2. The SMILES string of the molecule is Fc1cc(Br)cc(-c2nc(CNC3CC3)no2)c1. The van der Waals surface area contributed by atoms with E-state index in [1.807, 2.05) is 0 Å². The molecule has 2 aromatic rings. The van der Waals surface area contributed by atoms with Crippen molar-refractivity contribution in [2.45, 2.75) is 25.4 Å². The topological polar surface area (TPSA) is 51.0 Å². The summed E-state index contributed by atoms with van der Waals surface area (Å²) in [5.41, 5.74) is 0.576. The van der Waals surface area contributed by atoms with Gasteiger partial charge in [-0.15, -0.1) is 0 Å². The van der Waals surface area contributed by atoms with Gasteiger partial charge in [-0.3, -0.25) is 0 Å². The molecule has 4 nitrogen and oxygen atoms in total. The van der Waals surface area contributed by atoms with Gasteiger partial charge in [0.05, 0.1) is 6.54 Å². The van der Waals surface area contributed by atoms with Gasteiger partial charge in [0, 0.05) is 16.1 Å². The Hall–Kier alpha value is -1.27. The molecule has 1 N–H and O–H groups in total. The van der Waals surface area contributed by atoms with E-state index >= 15 is 0 Å². The molecule has 0 radical (unpaired) electrons. The fourth-order valence-corrected chi connectivity index (χ4v) is 2.11. The minimum absolute atomic E-state index is 0.336. The van der Waals surface area contributed by atoms with Crippen molar-refractivity contribution in [3.05, 3.63) is 34.3 Å². The fourth-order valence-electron chi connectivity index (χ4n) is 1.64. The highest BCUT2D eigenvalue weighted by atomic mass is 79.9. The summed E-state index contributed by atoms with van der Waals surface area (Å²) >= 11 is 3.23. The minimum Gasteiger partial charge on any atom is -0.334 e. The van der Waals surface area contributed by atoms with Crippen LogP contribution in [0.3, 0.4) is 0 Å². The monoisotopic (exact) mass is 311 g/mol. The number of nitrogens with one attached hydrogen (secondary N) is 1. The Morgan fingerprint density at radius 2 is 2.22 bits per heavy atom. The average Bonchev–Trinajstić information content (AvgIpc) is 3.02. The fraction of sp³-hybridized carbons (Fsp3) is 0.333. The third-order valence-electron chi connectivity index (χ3n) is 2.70. The van der Waals surface area contributed by atoms with Crippen molar-refractivity contribution in [3.8, 4) is 11.5 Å². The molecule has 1 aromatic heterocycles. The second kappa shape index (κ2) is 4.78. The van der Waals surface area contributed by atoms with Gasteiger partial charge in [-0.2, -0.15) is 4.98 Å². The van der Waals surface area contributed by atoms with E-state index in [-0.39, 0.29) is 5.82 Å². The molecule has 1 aromatic carbocycles. The lowest BCUT2D eigenvalue weighted by Crippen LogP contribution is -2.16. The van der Waals surface area contributed by atoms with Crippen molar-refractivity contribution in [3.63, 3.8) is 0 Å². The molecule has 3 rings (SSSR count). The highest BCUT2D eigenvalue weighted by Gasteiger charge is 2.21. The molecule has 6 heteroatoms. The van der Waals surface area contributed by atoms with E-state index in [0.717, 1.165) is 0 Å². The summed E-state index contributed by atoms with van der Waals surface area (Å²) in [5.74, 6) is 0.593. The number of nitrogens with zero attached hydrogens (tertiary/aromatic N) is 2. The molecule has 0 unspecified atom stereocenters. The molecule has 0 atom stereocenters. The quantitative estimate of drug-likeness (QED) is 0.943. The van der Waals surface area contributed by atoms with Gasteiger partial charge in [0.2, 0.25) is 0 Å².